The van der Waals surface area contributed by atoms with Gasteiger partial charge >= 0.3 is 0 Å². The molecule has 8 nitrogen and oxygen atoms in total. The highest BCUT2D eigenvalue weighted by molar-refractivity contribution is 7.18. The lowest BCUT2D eigenvalue weighted by Crippen LogP contribution is -2.45. The Bertz CT molecular complexity index is 1310. The minimum Gasteiger partial charge on any atom is -0.454 e. The van der Waals surface area contributed by atoms with Gasteiger partial charge in [0.05, 0.1) is 0 Å². The number of nitrogens with one attached hydrogen (secondary N) is 2. The predicted molar refractivity (Wildman–Crippen MR) is 128 cm³/mol. The molecule has 1 atom stereocenters. The molecule has 1 aliphatic heterocycles. The van der Waals surface area contributed by atoms with Gasteiger partial charge < -0.3 is 14.8 Å². The molecule has 2 heterocycles. The minimum atomic E-state index is -0.798. The van der Waals surface area contributed by atoms with Crippen molar-refractivity contribution in [3.8, 4) is 22.1 Å². The van der Waals surface area contributed by atoms with Crippen molar-refractivity contribution in [2.45, 2.75) is 12.5 Å². The van der Waals surface area contributed by atoms with Crippen molar-refractivity contribution in [2.75, 3.05) is 12.1 Å². The third-order valence-electron chi connectivity index (χ3n) is 5.22. The smallest absolute Gasteiger partial charge is 0.251 e. The molecular weight excluding hydrogens is 452 g/mol. The van der Waals surface area contributed by atoms with Crippen molar-refractivity contribution in [3.05, 3.63) is 90.0 Å². The van der Waals surface area contributed by atoms with Gasteiger partial charge in [0.2, 0.25) is 17.8 Å². The SMILES string of the molecule is O=C(NC(Cc1ccccc1)C(=O)Nc1nnc(-c2ccc3c(c2)OCO3)s1)c1ccccc1. The number of hydrogen-bond acceptors (Lipinski definition) is 7. The first-order chi connectivity index (χ1) is 16.7. The molecule has 1 unspecified atom stereocenters. The summed E-state index contributed by atoms with van der Waals surface area (Å²) in [6.07, 6.45) is 0.332. The monoisotopic (exact) mass is 472 g/mol. The zero-order valence-corrected chi connectivity index (χ0v) is 18.7. The summed E-state index contributed by atoms with van der Waals surface area (Å²) >= 11 is 1.24. The van der Waals surface area contributed by atoms with Gasteiger partial charge in [-0.2, -0.15) is 0 Å². The molecule has 0 fully saturated rings. The predicted octanol–water partition coefficient (Wildman–Crippen LogP) is 3.91. The van der Waals surface area contributed by atoms with Crippen molar-refractivity contribution in [3.63, 3.8) is 0 Å². The number of amides is 2. The molecule has 0 saturated heterocycles. The summed E-state index contributed by atoms with van der Waals surface area (Å²) in [5, 5.41) is 14.9. The summed E-state index contributed by atoms with van der Waals surface area (Å²) in [5.74, 6) is 0.626. The summed E-state index contributed by atoms with van der Waals surface area (Å²) in [7, 11) is 0. The average molecular weight is 473 g/mol. The number of carbonyl (C=O) groups is 2. The van der Waals surface area contributed by atoms with E-state index in [4.69, 9.17) is 9.47 Å². The third kappa shape index (κ3) is 4.89. The Labute approximate surface area is 199 Å². The number of carbonyl (C=O) groups excluding carboxylic acids is 2. The van der Waals surface area contributed by atoms with Crippen LogP contribution in [0.4, 0.5) is 5.13 Å². The van der Waals surface area contributed by atoms with E-state index in [1.54, 1.807) is 24.3 Å². The molecule has 0 spiro atoms. The highest BCUT2D eigenvalue weighted by atomic mass is 32.1. The lowest BCUT2D eigenvalue weighted by atomic mass is 10.0. The van der Waals surface area contributed by atoms with Crippen molar-refractivity contribution < 1.29 is 19.1 Å². The van der Waals surface area contributed by atoms with E-state index in [0.29, 0.717) is 33.6 Å². The zero-order chi connectivity index (χ0) is 23.3. The van der Waals surface area contributed by atoms with Gasteiger partial charge in [-0.15, -0.1) is 10.2 Å². The number of hydrogen-bond donors (Lipinski definition) is 2. The summed E-state index contributed by atoms with van der Waals surface area (Å²) in [5.41, 5.74) is 2.21. The summed E-state index contributed by atoms with van der Waals surface area (Å²) in [6, 6.07) is 23.0. The summed E-state index contributed by atoms with van der Waals surface area (Å²) in [6.45, 7) is 0.188. The first kappa shape index (κ1) is 21.6. The fourth-order valence-corrected chi connectivity index (χ4v) is 4.25. The number of anilines is 1. The summed E-state index contributed by atoms with van der Waals surface area (Å²) in [4.78, 5) is 25.9. The second-order valence-electron chi connectivity index (χ2n) is 7.55. The molecule has 0 bridgehead atoms. The Balaban J connectivity index is 1.32. The minimum absolute atomic E-state index is 0.188. The quantitative estimate of drug-likeness (QED) is 0.423. The van der Waals surface area contributed by atoms with Crippen LogP contribution in [0, 0.1) is 0 Å². The third-order valence-corrected chi connectivity index (χ3v) is 6.10. The number of nitrogens with zero attached hydrogens (tertiary/aromatic N) is 2. The Morgan fingerprint density at radius 2 is 1.65 bits per heavy atom. The van der Waals surface area contributed by atoms with E-state index < -0.39 is 6.04 Å². The molecule has 9 heteroatoms. The number of rotatable bonds is 7. The van der Waals surface area contributed by atoms with Gasteiger partial charge in [-0.3, -0.25) is 14.9 Å². The highest BCUT2D eigenvalue weighted by Gasteiger charge is 2.24. The number of benzene rings is 3. The maximum absolute atomic E-state index is 13.2. The highest BCUT2D eigenvalue weighted by Crippen LogP contribution is 2.37. The van der Waals surface area contributed by atoms with E-state index in [2.05, 4.69) is 20.8 Å². The van der Waals surface area contributed by atoms with E-state index in [-0.39, 0.29) is 18.6 Å². The van der Waals surface area contributed by atoms with Crippen molar-refractivity contribution >= 4 is 28.3 Å². The molecule has 1 aliphatic rings. The average Bonchev–Trinajstić information content (AvgIpc) is 3.54. The first-order valence-corrected chi connectivity index (χ1v) is 11.4. The molecular formula is C25H20N4O4S. The molecule has 3 aromatic carbocycles. The topological polar surface area (TPSA) is 102 Å². The molecule has 0 aliphatic carbocycles. The fraction of sp³-hybridized carbons (Fsp3) is 0.120. The van der Waals surface area contributed by atoms with Crippen molar-refractivity contribution in [1.29, 1.82) is 0 Å². The second-order valence-corrected chi connectivity index (χ2v) is 8.53. The molecule has 34 heavy (non-hydrogen) atoms. The van der Waals surface area contributed by atoms with E-state index in [9.17, 15) is 9.59 Å². The Kier molecular flexibility index (Phi) is 6.17. The van der Waals surface area contributed by atoms with E-state index in [1.165, 1.54) is 11.3 Å². The van der Waals surface area contributed by atoms with Crippen LogP contribution in [0.15, 0.2) is 78.9 Å². The van der Waals surface area contributed by atoms with Crippen molar-refractivity contribution in [2.24, 2.45) is 0 Å². The van der Waals surface area contributed by atoms with Crippen LogP contribution in [0.2, 0.25) is 0 Å². The number of aromatic nitrogens is 2. The van der Waals surface area contributed by atoms with Gasteiger partial charge in [0.15, 0.2) is 11.5 Å². The second kappa shape index (κ2) is 9.72. The largest absolute Gasteiger partial charge is 0.454 e. The van der Waals surface area contributed by atoms with E-state index >= 15 is 0 Å². The number of fused-ring (bicyclic) bond motifs is 1. The van der Waals surface area contributed by atoms with Gasteiger partial charge in [-0.1, -0.05) is 59.9 Å². The lowest BCUT2D eigenvalue weighted by Gasteiger charge is -2.18. The molecule has 0 radical (unpaired) electrons. The van der Waals surface area contributed by atoms with Crippen LogP contribution in [0.25, 0.3) is 10.6 Å². The maximum atomic E-state index is 13.2. The molecule has 170 valence electrons. The number of ether oxygens (including phenoxy) is 2. The first-order valence-electron chi connectivity index (χ1n) is 10.6. The van der Waals surface area contributed by atoms with E-state index in [1.807, 2.05) is 54.6 Å². The Hall–Kier alpha value is -4.24. The maximum Gasteiger partial charge on any atom is 0.251 e. The molecule has 5 rings (SSSR count). The van der Waals surface area contributed by atoms with Crippen LogP contribution in [0.3, 0.4) is 0 Å². The van der Waals surface area contributed by atoms with Crippen LogP contribution in [0.1, 0.15) is 15.9 Å². The van der Waals surface area contributed by atoms with Crippen molar-refractivity contribution in [1.82, 2.24) is 15.5 Å². The van der Waals surface area contributed by atoms with Gasteiger partial charge in [0, 0.05) is 17.5 Å². The Morgan fingerprint density at radius 3 is 2.44 bits per heavy atom. The van der Waals surface area contributed by atoms with Gasteiger partial charge in [-0.25, -0.2) is 0 Å². The molecule has 0 saturated carbocycles. The molecule has 4 aromatic rings. The molecule has 2 N–H and O–H groups in total. The van der Waals surface area contributed by atoms with E-state index in [0.717, 1.165) is 11.1 Å². The standard InChI is InChI=1S/C25H20N4O4S/c30-22(17-9-5-2-6-10-17)26-19(13-16-7-3-1-4-8-16)23(31)27-25-29-28-24(34-25)18-11-12-20-21(14-18)33-15-32-20/h1-12,14,19H,13,15H2,(H,26,30)(H,27,29,31). The van der Waals surface area contributed by atoms with Crippen LogP contribution < -0.4 is 20.1 Å². The van der Waals surface area contributed by atoms with Gasteiger partial charge in [0.25, 0.3) is 5.91 Å². The lowest BCUT2D eigenvalue weighted by molar-refractivity contribution is -0.118. The van der Waals surface area contributed by atoms with Gasteiger partial charge in [-0.05, 0) is 35.9 Å². The molecule has 1 aromatic heterocycles. The van der Waals surface area contributed by atoms with Crippen LogP contribution in [-0.4, -0.2) is 34.8 Å². The molecule has 2 amide bonds. The van der Waals surface area contributed by atoms with Crippen LogP contribution in [-0.2, 0) is 11.2 Å². The zero-order valence-electron chi connectivity index (χ0n) is 17.9. The fourth-order valence-electron chi connectivity index (χ4n) is 3.50. The van der Waals surface area contributed by atoms with Crippen LogP contribution >= 0.6 is 11.3 Å². The Morgan fingerprint density at radius 1 is 0.912 bits per heavy atom. The van der Waals surface area contributed by atoms with Gasteiger partial charge in [0.1, 0.15) is 11.0 Å². The summed E-state index contributed by atoms with van der Waals surface area (Å²) < 4.78 is 10.8. The normalized spacial score (nSPS) is 12.7. The van der Waals surface area contributed by atoms with Crippen LogP contribution in [0.5, 0.6) is 11.5 Å².